The largest absolute Gasteiger partial charge is 0.307 e. The molecule has 18 heavy (non-hydrogen) atoms. The zero-order valence-electron chi connectivity index (χ0n) is 9.41. The van der Waals surface area contributed by atoms with Gasteiger partial charge in [0.2, 0.25) is 11.9 Å². The maximum Gasteiger partial charge on any atom is 0.229 e. The summed E-state index contributed by atoms with van der Waals surface area (Å²) in [5.41, 5.74) is 0.979. The summed E-state index contributed by atoms with van der Waals surface area (Å²) in [5.74, 6) is 1.70. The van der Waals surface area contributed by atoms with E-state index in [2.05, 4.69) is 30.5 Å². The van der Waals surface area contributed by atoms with Gasteiger partial charge >= 0.3 is 0 Å². The van der Waals surface area contributed by atoms with Gasteiger partial charge in [0.25, 0.3) is 0 Å². The van der Waals surface area contributed by atoms with Crippen molar-refractivity contribution in [1.29, 1.82) is 0 Å². The number of nitrogens with zero attached hydrogens (tertiary/aromatic N) is 4. The lowest BCUT2D eigenvalue weighted by Gasteiger charge is -1.98. The van der Waals surface area contributed by atoms with Crippen LogP contribution >= 0.6 is 0 Å². The number of aromatic nitrogens is 5. The van der Waals surface area contributed by atoms with Gasteiger partial charge in [0.1, 0.15) is 0 Å². The van der Waals surface area contributed by atoms with Crippen LogP contribution in [0.5, 0.6) is 0 Å². The van der Waals surface area contributed by atoms with Crippen molar-refractivity contribution in [1.82, 2.24) is 25.1 Å². The van der Waals surface area contributed by atoms with Crippen molar-refractivity contribution in [3.05, 3.63) is 48.8 Å². The lowest BCUT2D eigenvalue weighted by atomic mass is 10.2. The Kier molecular flexibility index (Phi) is 2.67. The lowest BCUT2D eigenvalue weighted by Crippen LogP contribution is -1.97. The van der Waals surface area contributed by atoms with Crippen LogP contribution in [0, 0.1) is 0 Å². The van der Waals surface area contributed by atoms with E-state index in [0.717, 1.165) is 5.56 Å². The molecule has 0 aliphatic rings. The van der Waals surface area contributed by atoms with Crippen LogP contribution in [0.2, 0.25) is 0 Å². The molecule has 0 spiro atoms. The van der Waals surface area contributed by atoms with E-state index in [1.807, 2.05) is 30.3 Å². The topological polar surface area (TPSA) is 79.4 Å². The number of hydrogen-bond acceptors (Lipinski definition) is 5. The summed E-state index contributed by atoms with van der Waals surface area (Å²) in [4.78, 5) is 11.2. The molecule has 0 saturated heterocycles. The summed E-state index contributed by atoms with van der Waals surface area (Å²) >= 11 is 0. The smallest absolute Gasteiger partial charge is 0.229 e. The molecule has 1 aromatic carbocycles. The molecule has 0 amide bonds. The second-order valence-electron chi connectivity index (χ2n) is 3.59. The van der Waals surface area contributed by atoms with Crippen LogP contribution in [0.3, 0.4) is 0 Å². The van der Waals surface area contributed by atoms with E-state index in [9.17, 15) is 0 Å². The third-order valence-electron chi connectivity index (χ3n) is 2.33. The third-order valence-corrected chi connectivity index (χ3v) is 2.33. The van der Waals surface area contributed by atoms with Crippen LogP contribution in [0.1, 0.15) is 0 Å². The minimum Gasteiger partial charge on any atom is -0.307 e. The molecular formula is C12H10N6. The molecule has 3 rings (SSSR count). The van der Waals surface area contributed by atoms with Crippen molar-refractivity contribution < 1.29 is 0 Å². The number of benzene rings is 1. The van der Waals surface area contributed by atoms with Crippen LogP contribution in [0.25, 0.3) is 11.4 Å². The predicted molar refractivity (Wildman–Crippen MR) is 67.1 cm³/mol. The molecule has 2 heterocycles. The van der Waals surface area contributed by atoms with E-state index in [1.54, 1.807) is 18.5 Å². The predicted octanol–water partition coefficient (Wildman–Crippen LogP) is 2.01. The first kappa shape index (κ1) is 10.4. The highest BCUT2D eigenvalue weighted by molar-refractivity contribution is 5.56. The number of rotatable bonds is 3. The standard InChI is InChI=1S/C12H10N6/c1-2-5-9(6-3-1)10-15-12(18-17-10)16-11-13-7-4-8-14-11/h1-8H,(H2,13,14,15,16,17,18). The molecule has 0 fully saturated rings. The first-order chi connectivity index (χ1) is 8.92. The quantitative estimate of drug-likeness (QED) is 0.729. The van der Waals surface area contributed by atoms with Crippen LogP contribution in [0.4, 0.5) is 11.9 Å². The molecule has 0 bridgehead atoms. The van der Waals surface area contributed by atoms with Crippen LogP contribution in [0.15, 0.2) is 48.8 Å². The Morgan fingerprint density at radius 1 is 0.889 bits per heavy atom. The van der Waals surface area contributed by atoms with Crippen molar-refractivity contribution in [2.75, 3.05) is 5.32 Å². The Morgan fingerprint density at radius 3 is 2.44 bits per heavy atom. The second-order valence-corrected chi connectivity index (χ2v) is 3.59. The maximum atomic E-state index is 4.06. The van der Waals surface area contributed by atoms with Gasteiger partial charge in [-0.3, -0.25) is 5.32 Å². The molecule has 88 valence electrons. The Balaban J connectivity index is 1.82. The molecule has 6 nitrogen and oxygen atoms in total. The van der Waals surface area contributed by atoms with Crippen molar-refractivity contribution in [2.45, 2.75) is 0 Å². The molecule has 6 heteroatoms. The summed E-state index contributed by atoms with van der Waals surface area (Å²) in [5, 5.41) is 11.0. The molecule has 0 atom stereocenters. The van der Waals surface area contributed by atoms with Crippen molar-refractivity contribution >= 4 is 11.9 Å². The Labute approximate surface area is 103 Å². The van der Waals surface area contributed by atoms with Crippen molar-refractivity contribution in [3.63, 3.8) is 0 Å². The van der Waals surface area contributed by atoms with E-state index in [0.29, 0.717) is 17.7 Å². The van der Waals surface area contributed by atoms with E-state index in [4.69, 9.17) is 0 Å². The molecular weight excluding hydrogens is 228 g/mol. The van der Waals surface area contributed by atoms with Gasteiger partial charge in [-0.15, -0.1) is 10.2 Å². The minimum absolute atomic E-state index is 0.480. The highest BCUT2D eigenvalue weighted by Crippen LogP contribution is 2.15. The van der Waals surface area contributed by atoms with Crippen molar-refractivity contribution in [2.24, 2.45) is 0 Å². The van der Waals surface area contributed by atoms with Gasteiger partial charge in [-0.1, -0.05) is 30.3 Å². The Hall–Kier alpha value is -2.76. The van der Waals surface area contributed by atoms with E-state index in [-0.39, 0.29) is 0 Å². The summed E-state index contributed by atoms with van der Waals surface area (Å²) in [6.45, 7) is 0. The molecule has 0 unspecified atom stereocenters. The monoisotopic (exact) mass is 238 g/mol. The summed E-state index contributed by atoms with van der Waals surface area (Å²) in [6, 6.07) is 11.5. The Bertz CT molecular complexity index is 619. The van der Waals surface area contributed by atoms with Gasteiger partial charge in [-0.05, 0) is 6.07 Å². The zero-order valence-corrected chi connectivity index (χ0v) is 9.41. The van der Waals surface area contributed by atoms with E-state index < -0.39 is 0 Å². The van der Waals surface area contributed by atoms with Gasteiger partial charge in [0.15, 0.2) is 5.82 Å². The molecule has 3 aromatic rings. The second kappa shape index (κ2) is 4.62. The minimum atomic E-state index is 0.480. The number of hydrogen-bond donors (Lipinski definition) is 2. The molecule has 2 N–H and O–H groups in total. The van der Waals surface area contributed by atoms with Gasteiger partial charge in [0, 0.05) is 18.0 Å². The molecule has 0 radical (unpaired) electrons. The van der Waals surface area contributed by atoms with Gasteiger partial charge < -0.3 is 4.98 Å². The SMILES string of the molecule is c1ccc(-c2nnc(Nc3ncccn3)[nH]2)cc1. The fraction of sp³-hybridized carbons (Fsp3) is 0. The third kappa shape index (κ3) is 2.17. The molecule has 0 aliphatic heterocycles. The fourth-order valence-corrected chi connectivity index (χ4v) is 1.51. The first-order valence-corrected chi connectivity index (χ1v) is 5.44. The number of nitrogens with one attached hydrogen (secondary N) is 2. The van der Waals surface area contributed by atoms with Crippen LogP contribution in [-0.4, -0.2) is 25.1 Å². The average Bonchev–Trinajstić information content (AvgIpc) is 2.89. The van der Waals surface area contributed by atoms with Crippen molar-refractivity contribution in [3.8, 4) is 11.4 Å². The Morgan fingerprint density at radius 2 is 1.67 bits per heavy atom. The summed E-state index contributed by atoms with van der Waals surface area (Å²) in [7, 11) is 0. The maximum absolute atomic E-state index is 4.06. The summed E-state index contributed by atoms with van der Waals surface area (Å²) in [6.07, 6.45) is 3.31. The number of aromatic amines is 1. The van der Waals surface area contributed by atoms with Gasteiger partial charge in [0.05, 0.1) is 0 Å². The highest BCUT2D eigenvalue weighted by Gasteiger charge is 2.05. The average molecular weight is 238 g/mol. The number of anilines is 2. The van der Waals surface area contributed by atoms with Crippen LogP contribution < -0.4 is 5.32 Å². The summed E-state index contributed by atoms with van der Waals surface area (Å²) < 4.78 is 0. The normalized spacial score (nSPS) is 10.2. The van der Waals surface area contributed by atoms with E-state index >= 15 is 0 Å². The highest BCUT2D eigenvalue weighted by atomic mass is 15.3. The van der Waals surface area contributed by atoms with Gasteiger partial charge in [-0.25, -0.2) is 9.97 Å². The van der Waals surface area contributed by atoms with Crippen LogP contribution in [-0.2, 0) is 0 Å². The molecule has 0 saturated carbocycles. The molecule has 0 aliphatic carbocycles. The molecule has 2 aromatic heterocycles. The lowest BCUT2D eigenvalue weighted by molar-refractivity contribution is 1.08. The number of H-pyrrole nitrogens is 1. The fourth-order valence-electron chi connectivity index (χ4n) is 1.51. The first-order valence-electron chi connectivity index (χ1n) is 5.44. The van der Waals surface area contributed by atoms with Gasteiger partial charge in [-0.2, -0.15) is 0 Å². The van der Waals surface area contributed by atoms with E-state index in [1.165, 1.54) is 0 Å². The zero-order chi connectivity index (χ0) is 12.2.